The van der Waals surface area contributed by atoms with Gasteiger partial charge < -0.3 is 14.8 Å². The Morgan fingerprint density at radius 2 is 1.90 bits per heavy atom. The number of carbonyl (C=O) groups excluding carboxylic acids is 1. The van der Waals surface area contributed by atoms with Gasteiger partial charge in [-0.2, -0.15) is 5.10 Å². The summed E-state index contributed by atoms with van der Waals surface area (Å²) in [7, 11) is 0. The van der Waals surface area contributed by atoms with Crippen molar-refractivity contribution in [3.05, 3.63) is 53.0 Å². The minimum atomic E-state index is -0.133. The van der Waals surface area contributed by atoms with Crippen molar-refractivity contribution >= 4 is 11.6 Å². The van der Waals surface area contributed by atoms with Crippen molar-refractivity contribution in [1.82, 2.24) is 19.9 Å². The largest absolute Gasteiger partial charge is 0.486 e. The molecule has 0 atom stereocenters. The molecule has 0 saturated heterocycles. The van der Waals surface area contributed by atoms with E-state index in [1.165, 1.54) is 5.56 Å². The number of hydrogen-bond donors (Lipinski definition) is 1. The van der Waals surface area contributed by atoms with E-state index in [1.54, 1.807) is 10.7 Å². The first-order chi connectivity index (χ1) is 14.6. The van der Waals surface area contributed by atoms with Crippen LogP contribution in [-0.4, -0.2) is 40.3 Å². The average Bonchev–Trinajstić information content (AvgIpc) is 3.40. The van der Waals surface area contributed by atoms with Gasteiger partial charge in [0.05, 0.1) is 6.20 Å². The Hall–Kier alpha value is -3.09. The summed E-state index contributed by atoms with van der Waals surface area (Å²) in [4.78, 5) is 17.6. The molecule has 30 heavy (non-hydrogen) atoms. The van der Waals surface area contributed by atoms with E-state index in [9.17, 15) is 4.79 Å². The van der Waals surface area contributed by atoms with E-state index < -0.39 is 0 Å². The first-order valence-corrected chi connectivity index (χ1v) is 10.6. The van der Waals surface area contributed by atoms with Crippen molar-refractivity contribution in [2.45, 2.75) is 44.9 Å². The van der Waals surface area contributed by atoms with E-state index in [4.69, 9.17) is 9.47 Å². The third kappa shape index (κ3) is 3.18. The van der Waals surface area contributed by atoms with Crippen LogP contribution in [0.4, 0.5) is 0 Å². The number of nitrogens with zero attached hydrogens (tertiary/aromatic N) is 3. The van der Waals surface area contributed by atoms with E-state index in [-0.39, 0.29) is 11.3 Å². The molecule has 0 radical (unpaired) electrons. The summed E-state index contributed by atoms with van der Waals surface area (Å²) in [5.41, 5.74) is 4.06. The zero-order chi connectivity index (χ0) is 20.7. The summed E-state index contributed by atoms with van der Waals surface area (Å²) in [5.74, 6) is 1.46. The Kier molecular flexibility index (Phi) is 4.60. The second kappa shape index (κ2) is 7.31. The molecule has 156 valence electrons. The van der Waals surface area contributed by atoms with Gasteiger partial charge in [0.2, 0.25) is 0 Å². The standard InChI is InChI=1S/C23H26N4O3/c1-15-11-16(2)27-21(26-15)18(13-25-27)22(28)24-14-23(7-3-4-8-23)17-5-6-19-20(12-17)30-10-9-29-19/h5-6,11-13H,3-4,7-10,14H2,1-2H3,(H,24,28). The molecule has 7 heteroatoms. The number of aromatic nitrogens is 3. The number of fused-ring (bicyclic) bond motifs is 2. The van der Waals surface area contributed by atoms with Crippen LogP contribution in [0.1, 0.15) is 53.0 Å². The highest BCUT2D eigenvalue weighted by molar-refractivity contribution is 5.99. The van der Waals surface area contributed by atoms with Crippen molar-refractivity contribution < 1.29 is 14.3 Å². The van der Waals surface area contributed by atoms with Gasteiger partial charge >= 0.3 is 0 Å². The summed E-state index contributed by atoms with van der Waals surface area (Å²) < 4.78 is 13.2. The molecule has 1 saturated carbocycles. The first kappa shape index (κ1) is 18.9. The van der Waals surface area contributed by atoms with Gasteiger partial charge in [0.1, 0.15) is 18.8 Å². The van der Waals surface area contributed by atoms with Crippen molar-refractivity contribution in [3.8, 4) is 11.5 Å². The molecule has 2 aliphatic rings. The van der Waals surface area contributed by atoms with E-state index in [0.717, 1.165) is 48.6 Å². The normalized spacial score (nSPS) is 17.3. The molecular weight excluding hydrogens is 380 g/mol. The van der Waals surface area contributed by atoms with Gasteiger partial charge in [-0.1, -0.05) is 18.9 Å². The highest BCUT2D eigenvalue weighted by Gasteiger charge is 2.37. The third-order valence-electron chi connectivity index (χ3n) is 6.33. The summed E-state index contributed by atoms with van der Waals surface area (Å²) in [6.45, 7) is 5.62. The average molecular weight is 406 g/mol. The Morgan fingerprint density at radius 3 is 2.70 bits per heavy atom. The van der Waals surface area contributed by atoms with Crippen LogP contribution >= 0.6 is 0 Å². The predicted octanol–water partition coefficient (Wildman–Crippen LogP) is 3.36. The summed E-state index contributed by atoms with van der Waals surface area (Å²) in [5, 5.41) is 7.52. The number of aryl methyl sites for hydroxylation is 2. The van der Waals surface area contributed by atoms with Crippen LogP contribution in [0.25, 0.3) is 5.65 Å². The maximum atomic E-state index is 13.1. The fraction of sp³-hybridized carbons (Fsp3) is 0.435. The van der Waals surface area contributed by atoms with Crippen molar-refractivity contribution in [2.75, 3.05) is 19.8 Å². The number of amides is 1. The van der Waals surface area contributed by atoms with Crippen LogP contribution in [-0.2, 0) is 5.41 Å². The number of ether oxygens (including phenoxy) is 2. The Balaban J connectivity index is 1.40. The highest BCUT2D eigenvalue weighted by atomic mass is 16.6. The fourth-order valence-corrected chi connectivity index (χ4v) is 4.77. The van der Waals surface area contributed by atoms with Crippen LogP contribution in [0.3, 0.4) is 0 Å². The summed E-state index contributed by atoms with van der Waals surface area (Å²) in [6, 6.07) is 8.16. The maximum absolute atomic E-state index is 13.1. The minimum absolute atomic E-state index is 0.0896. The van der Waals surface area contributed by atoms with Crippen molar-refractivity contribution in [3.63, 3.8) is 0 Å². The van der Waals surface area contributed by atoms with E-state index in [0.29, 0.717) is 31.0 Å². The molecule has 0 unspecified atom stereocenters. The molecule has 3 heterocycles. The molecule has 1 aromatic carbocycles. The van der Waals surface area contributed by atoms with Crippen LogP contribution in [0.5, 0.6) is 11.5 Å². The smallest absolute Gasteiger partial charge is 0.256 e. The molecule has 1 fully saturated rings. The second-order valence-corrected chi connectivity index (χ2v) is 8.36. The molecule has 1 aliphatic heterocycles. The van der Waals surface area contributed by atoms with Gasteiger partial charge in [-0.15, -0.1) is 0 Å². The zero-order valence-electron chi connectivity index (χ0n) is 17.4. The minimum Gasteiger partial charge on any atom is -0.486 e. The second-order valence-electron chi connectivity index (χ2n) is 8.36. The lowest BCUT2D eigenvalue weighted by Gasteiger charge is -2.31. The lowest BCUT2D eigenvalue weighted by molar-refractivity contribution is 0.0944. The van der Waals surface area contributed by atoms with Gasteiger partial charge in [0, 0.05) is 23.3 Å². The molecule has 1 N–H and O–H groups in total. The zero-order valence-corrected chi connectivity index (χ0v) is 17.4. The molecule has 0 bridgehead atoms. The van der Waals surface area contributed by atoms with Gasteiger partial charge in [-0.3, -0.25) is 4.79 Å². The summed E-state index contributed by atoms with van der Waals surface area (Å²) in [6.07, 6.45) is 5.99. The van der Waals surface area contributed by atoms with Gasteiger partial charge in [0.15, 0.2) is 17.1 Å². The topological polar surface area (TPSA) is 77.8 Å². The summed E-state index contributed by atoms with van der Waals surface area (Å²) >= 11 is 0. The Bertz CT molecular complexity index is 1120. The molecule has 3 aromatic rings. The molecule has 0 spiro atoms. The molecule has 1 amide bonds. The number of rotatable bonds is 4. The SMILES string of the molecule is Cc1cc(C)n2ncc(C(=O)NCC3(c4ccc5c(c4)OCCO5)CCCC3)c2n1. The molecule has 1 aliphatic carbocycles. The fourth-order valence-electron chi connectivity index (χ4n) is 4.77. The lowest BCUT2D eigenvalue weighted by Crippen LogP contribution is -2.39. The molecular formula is C23H26N4O3. The number of benzene rings is 1. The highest BCUT2D eigenvalue weighted by Crippen LogP contribution is 2.43. The van der Waals surface area contributed by atoms with Crippen LogP contribution in [0.2, 0.25) is 0 Å². The number of hydrogen-bond acceptors (Lipinski definition) is 5. The quantitative estimate of drug-likeness (QED) is 0.719. The Labute approximate surface area is 175 Å². The van der Waals surface area contributed by atoms with Gasteiger partial charge in [-0.05, 0) is 50.5 Å². The lowest BCUT2D eigenvalue weighted by atomic mass is 9.78. The number of nitrogens with one attached hydrogen (secondary N) is 1. The van der Waals surface area contributed by atoms with E-state index in [1.807, 2.05) is 26.0 Å². The third-order valence-corrected chi connectivity index (χ3v) is 6.33. The van der Waals surface area contributed by atoms with Crippen molar-refractivity contribution in [2.24, 2.45) is 0 Å². The molecule has 7 nitrogen and oxygen atoms in total. The monoisotopic (exact) mass is 406 g/mol. The molecule has 5 rings (SSSR count). The van der Waals surface area contributed by atoms with Crippen LogP contribution < -0.4 is 14.8 Å². The van der Waals surface area contributed by atoms with Crippen LogP contribution in [0.15, 0.2) is 30.5 Å². The van der Waals surface area contributed by atoms with Crippen LogP contribution in [0, 0.1) is 13.8 Å². The van der Waals surface area contributed by atoms with Crippen molar-refractivity contribution in [1.29, 1.82) is 0 Å². The van der Waals surface area contributed by atoms with E-state index >= 15 is 0 Å². The Morgan fingerprint density at radius 1 is 1.13 bits per heavy atom. The molecule has 2 aromatic heterocycles. The van der Waals surface area contributed by atoms with E-state index in [2.05, 4.69) is 27.5 Å². The number of carbonyl (C=O) groups is 1. The maximum Gasteiger partial charge on any atom is 0.256 e. The van der Waals surface area contributed by atoms with Gasteiger partial charge in [0.25, 0.3) is 5.91 Å². The van der Waals surface area contributed by atoms with Gasteiger partial charge in [-0.25, -0.2) is 9.50 Å². The first-order valence-electron chi connectivity index (χ1n) is 10.6. The predicted molar refractivity (Wildman–Crippen MR) is 112 cm³/mol.